The Bertz CT molecular complexity index is 498. The fourth-order valence-electron chi connectivity index (χ4n) is 2.28. The first-order valence-electron chi connectivity index (χ1n) is 8.53. The standard InChI is InChI=1S/C18H29N3O2S.HI/c1-19-17(20-11-6-12-23-14-13-22-2)21-15-18(9-10-18)24-16-7-4-3-5-8-16;/h3-5,7-8H,6,9-15H2,1-2H3,(H2,19,20,21);1H. The minimum absolute atomic E-state index is 0. The molecule has 2 N–H and O–H groups in total. The van der Waals surface area contributed by atoms with E-state index in [4.69, 9.17) is 9.47 Å². The summed E-state index contributed by atoms with van der Waals surface area (Å²) in [5, 5.41) is 6.80. The van der Waals surface area contributed by atoms with E-state index in [1.165, 1.54) is 17.7 Å². The van der Waals surface area contributed by atoms with E-state index in [9.17, 15) is 0 Å². The molecule has 0 unspecified atom stereocenters. The topological polar surface area (TPSA) is 54.9 Å². The Labute approximate surface area is 172 Å². The zero-order valence-corrected chi connectivity index (χ0v) is 18.3. The van der Waals surface area contributed by atoms with Gasteiger partial charge in [-0.1, -0.05) is 18.2 Å². The van der Waals surface area contributed by atoms with Crippen LogP contribution < -0.4 is 10.6 Å². The molecule has 25 heavy (non-hydrogen) atoms. The highest BCUT2D eigenvalue weighted by molar-refractivity contribution is 14.0. The predicted octanol–water partition coefficient (Wildman–Crippen LogP) is 3.15. The number of nitrogens with zero attached hydrogens (tertiary/aromatic N) is 1. The van der Waals surface area contributed by atoms with Crippen molar-refractivity contribution in [3.05, 3.63) is 30.3 Å². The molecule has 1 aliphatic carbocycles. The van der Waals surface area contributed by atoms with Gasteiger partial charge in [0.1, 0.15) is 0 Å². The molecule has 1 fully saturated rings. The van der Waals surface area contributed by atoms with Gasteiger partial charge in [0.05, 0.1) is 13.2 Å². The molecule has 0 aliphatic heterocycles. The first-order chi connectivity index (χ1) is 11.8. The lowest BCUT2D eigenvalue weighted by Crippen LogP contribution is -2.41. The Hall–Kier alpha value is -0.510. The molecule has 1 aromatic carbocycles. The van der Waals surface area contributed by atoms with Crippen molar-refractivity contribution in [2.75, 3.05) is 47.1 Å². The van der Waals surface area contributed by atoms with Crippen LogP contribution in [-0.2, 0) is 9.47 Å². The summed E-state index contributed by atoms with van der Waals surface area (Å²) >= 11 is 1.97. The molecule has 142 valence electrons. The number of thioether (sulfide) groups is 1. The van der Waals surface area contributed by atoms with Crippen molar-refractivity contribution in [3.8, 4) is 0 Å². The average Bonchev–Trinajstić information content (AvgIpc) is 3.37. The third-order valence-electron chi connectivity index (χ3n) is 3.88. The van der Waals surface area contributed by atoms with E-state index in [1.54, 1.807) is 7.11 Å². The summed E-state index contributed by atoms with van der Waals surface area (Å²) in [7, 11) is 3.50. The van der Waals surface area contributed by atoms with Crippen LogP contribution >= 0.6 is 35.7 Å². The fraction of sp³-hybridized carbons (Fsp3) is 0.611. The zero-order valence-electron chi connectivity index (χ0n) is 15.1. The Morgan fingerprint density at radius 1 is 1.16 bits per heavy atom. The Balaban J connectivity index is 0.00000312. The molecule has 7 heteroatoms. The van der Waals surface area contributed by atoms with Crippen molar-refractivity contribution in [1.82, 2.24) is 10.6 Å². The number of hydrogen-bond acceptors (Lipinski definition) is 4. The first kappa shape index (κ1) is 22.5. The van der Waals surface area contributed by atoms with Crippen molar-refractivity contribution in [3.63, 3.8) is 0 Å². The molecule has 0 spiro atoms. The van der Waals surface area contributed by atoms with Gasteiger partial charge in [0.15, 0.2) is 5.96 Å². The van der Waals surface area contributed by atoms with E-state index in [-0.39, 0.29) is 24.0 Å². The van der Waals surface area contributed by atoms with Gasteiger partial charge in [-0.25, -0.2) is 0 Å². The molecular weight excluding hydrogens is 449 g/mol. The highest BCUT2D eigenvalue weighted by atomic mass is 127. The Morgan fingerprint density at radius 3 is 2.56 bits per heavy atom. The number of hydrogen-bond donors (Lipinski definition) is 2. The molecule has 5 nitrogen and oxygen atoms in total. The number of nitrogens with one attached hydrogen (secondary N) is 2. The molecule has 0 aromatic heterocycles. The quantitative estimate of drug-likeness (QED) is 0.221. The van der Waals surface area contributed by atoms with Crippen LogP contribution in [-0.4, -0.2) is 57.8 Å². The summed E-state index contributed by atoms with van der Waals surface area (Å²) in [4.78, 5) is 5.64. The molecule has 1 saturated carbocycles. The summed E-state index contributed by atoms with van der Waals surface area (Å²) in [5.74, 6) is 0.867. The molecule has 0 amide bonds. The van der Waals surface area contributed by atoms with Crippen LogP contribution in [0.3, 0.4) is 0 Å². The van der Waals surface area contributed by atoms with Gasteiger partial charge in [0.2, 0.25) is 0 Å². The summed E-state index contributed by atoms with van der Waals surface area (Å²) in [6.07, 6.45) is 3.46. The Morgan fingerprint density at radius 2 is 1.92 bits per heavy atom. The van der Waals surface area contributed by atoms with Crippen molar-refractivity contribution < 1.29 is 9.47 Å². The van der Waals surface area contributed by atoms with Crippen LogP contribution in [0.1, 0.15) is 19.3 Å². The molecule has 0 radical (unpaired) electrons. The summed E-state index contributed by atoms with van der Waals surface area (Å²) < 4.78 is 10.7. The maximum absolute atomic E-state index is 5.45. The lowest BCUT2D eigenvalue weighted by Gasteiger charge is -2.18. The molecular formula is C18H30IN3O2S. The van der Waals surface area contributed by atoms with E-state index >= 15 is 0 Å². The maximum atomic E-state index is 5.45. The number of guanidine groups is 1. The molecule has 1 aromatic rings. The fourth-order valence-corrected chi connectivity index (χ4v) is 3.53. The molecule has 0 bridgehead atoms. The summed E-state index contributed by atoms with van der Waals surface area (Å²) in [6, 6.07) is 10.6. The van der Waals surface area contributed by atoms with Crippen LogP contribution in [0.15, 0.2) is 40.2 Å². The lowest BCUT2D eigenvalue weighted by molar-refractivity contribution is 0.0698. The number of benzene rings is 1. The number of methoxy groups -OCH3 is 1. The highest BCUT2D eigenvalue weighted by Crippen LogP contribution is 2.51. The smallest absolute Gasteiger partial charge is 0.191 e. The van der Waals surface area contributed by atoms with Gasteiger partial charge in [-0.05, 0) is 31.4 Å². The third-order valence-corrected chi connectivity index (χ3v) is 5.37. The van der Waals surface area contributed by atoms with Crippen molar-refractivity contribution in [1.29, 1.82) is 0 Å². The molecule has 0 saturated heterocycles. The van der Waals surface area contributed by atoms with Crippen LogP contribution in [0.5, 0.6) is 0 Å². The number of ether oxygens (including phenoxy) is 2. The number of rotatable bonds is 11. The van der Waals surface area contributed by atoms with Gasteiger partial charge in [-0.2, -0.15) is 0 Å². The van der Waals surface area contributed by atoms with Crippen LogP contribution in [0, 0.1) is 0 Å². The molecule has 2 rings (SSSR count). The van der Waals surface area contributed by atoms with E-state index in [0.29, 0.717) is 18.0 Å². The van der Waals surface area contributed by atoms with Crippen LogP contribution in [0.4, 0.5) is 0 Å². The van der Waals surface area contributed by atoms with E-state index < -0.39 is 0 Å². The second-order valence-corrected chi connectivity index (χ2v) is 7.45. The van der Waals surface area contributed by atoms with Gasteiger partial charge < -0.3 is 20.1 Å². The van der Waals surface area contributed by atoms with Crippen LogP contribution in [0.25, 0.3) is 0 Å². The average molecular weight is 479 g/mol. The van der Waals surface area contributed by atoms with Gasteiger partial charge in [-0.15, -0.1) is 35.7 Å². The van der Waals surface area contributed by atoms with Gasteiger partial charge in [-0.3, -0.25) is 4.99 Å². The predicted molar refractivity (Wildman–Crippen MR) is 116 cm³/mol. The molecule has 1 aliphatic rings. The van der Waals surface area contributed by atoms with Gasteiger partial charge in [0.25, 0.3) is 0 Å². The highest BCUT2D eigenvalue weighted by Gasteiger charge is 2.43. The van der Waals surface area contributed by atoms with Gasteiger partial charge >= 0.3 is 0 Å². The zero-order chi connectivity index (χ0) is 17.1. The molecule has 0 atom stereocenters. The van der Waals surface area contributed by atoms with E-state index in [2.05, 4.69) is 46.0 Å². The number of halogens is 1. The van der Waals surface area contributed by atoms with Gasteiger partial charge in [0, 0.05) is 43.5 Å². The maximum Gasteiger partial charge on any atom is 0.191 e. The minimum atomic E-state index is 0. The van der Waals surface area contributed by atoms with Crippen LogP contribution in [0.2, 0.25) is 0 Å². The van der Waals surface area contributed by atoms with E-state index in [0.717, 1.165) is 32.1 Å². The first-order valence-corrected chi connectivity index (χ1v) is 9.35. The molecule has 0 heterocycles. The third kappa shape index (κ3) is 9.12. The second kappa shape index (κ2) is 12.8. The largest absolute Gasteiger partial charge is 0.382 e. The monoisotopic (exact) mass is 479 g/mol. The van der Waals surface area contributed by atoms with Crippen molar-refractivity contribution >= 4 is 41.7 Å². The number of aliphatic imine (C=N–C) groups is 1. The normalized spacial score (nSPS) is 15.4. The minimum Gasteiger partial charge on any atom is -0.382 e. The van der Waals surface area contributed by atoms with E-state index in [1.807, 2.05) is 18.8 Å². The Kier molecular flexibility index (Phi) is 11.5. The summed E-state index contributed by atoms with van der Waals surface area (Å²) in [6.45, 7) is 3.84. The second-order valence-electron chi connectivity index (χ2n) is 5.91. The van der Waals surface area contributed by atoms with Crippen molar-refractivity contribution in [2.24, 2.45) is 4.99 Å². The van der Waals surface area contributed by atoms with Crippen molar-refractivity contribution in [2.45, 2.75) is 28.9 Å². The summed E-state index contributed by atoms with van der Waals surface area (Å²) in [5.41, 5.74) is 0. The SMILES string of the molecule is CN=C(NCCCOCCOC)NCC1(Sc2ccccc2)CC1.I. The lowest BCUT2D eigenvalue weighted by atomic mass is 10.4.